The first kappa shape index (κ1) is 13.1. The van der Waals surface area contributed by atoms with Crippen LogP contribution in [0.4, 0.5) is 5.69 Å². The second-order valence-electron chi connectivity index (χ2n) is 3.50. The van der Waals surface area contributed by atoms with E-state index < -0.39 is 5.97 Å². The molecule has 0 fully saturated rings. The molecule has 2 rings (SSSR count). The van der Waals surface area contributed by atoms with Crippen LogP contribution in [0.5, 0.6) is 11.6 Å². The highest BCUT2D eigenvalue weighted by molar-refractivity contribution is 6.32. The summed E-state index contributed by atoms with van der Waals surface area (Å²) in [7, 11) is 1.32. The van der Waals surface area contributed by atoms with Crippen molar-refractivity contribution in [2.45, 2.75) is 0 Å². The minimum Gasteiger partial charge on any atom is -0.465 e. The number of halogens is 1. The van der Waals surface area contributed by atoms with Gasteiger partial charge in [0.05, 0.1) is 12.7 Å². The van der Waals surface area contributed by atoms with E-state index in [9.17, 15) is 4.79 Å². The maximum absolute atomic E-state index is 11.3. The van der Waals surface area contributed by atoms with Crippen LogP contribution in [-0.4, -0.2) is 23.0 Å². The Kier molecular flexibility index (Phi) is 3.82. The fourth-order valence-electron chi connectivity index (χ4n) is 1.33. The van der Waals surface area contributed by atoms with Crippen molar-refractivity contribution in [1.29, 1.82) is 0 Å². The van der Waals surface area contributed by atoms with Gasteiger partial charge in [0.2, 0.25) is 5.88 Å². The molecule has 0 amide bonds. The molecule has 1 heterocycles. The molecule has 98 valence electrons. The molecule has 7 heteroatoms. The number of aromatic nitrogens is 2. The summed E-state index contributed by atoms with van der Waals surface area (Å²) >= 11 is 5.75. The van der Waals surface area contributed by atoms with Crippen LogP contribution >= 0.6 is 11.6 Å². The molecular weight excluding hydrogens is 270 g/mol. The second kappa shape index (κ2) is 5.53. The molecule has 0 spiro atoms. The zero-order valence-corrected chi connectivity index (χ0v) is 10.7. The van der Waals surface area contributed by atoms with Crippen molar-refractivity contribution in [1.82, 2.24) is 9.97 Å². The SMILES string of the molecule is COC(=O)c1ccc(Oc2ncnc(Cl)c2N)cc1. The van der Waals surface area contributed by atoms with Gasteiger partial charge in [-0.1, -0.05) is 11.6 Å². The van der Waals surface area contributed by atoms with Crippen LogP contribution < -0.4 is 10.5 Å². The number of hydrogen-bond donors (Lipinski definition) is 1. The van der Waals surface area contributed by atoms with E-state index in [0.29, 0.717) is 11.3 Å². The van der Waals surface area contributed by atoms with E-state index in [4.69, 9.17) is 22.1 Å². The lowest BCUT2D eigenvalue weighted by Gasteiger charge is -2.07. The lowest BCUT2D eigenvalue weighted by atomic mass is 10.2. The second-order valence-corrected chi connectivity index (χ2v) is 3.86. The molecule has 2 N–H and O–H groups in total. The predicted octanol–water partition coefficient (Wildman–Crippen LogP) is 2.29. The number of esters is 1. The van der Waals surface area contributed by atoms with E-state index in [2.05, 4.69) is 14.7 Å². The smallest absolute Gasteiger partial charge is 0.337 e. The Bertz CT molecular complexity index is 602. The highest BCUT2D eigenvalue weighted by Crippen LogP contribution is 2.28. The molecule has 0 atom stereocenters. The maximum atomic E-state index is 11.3. The van der Waals surface area contributed by atoms with Gasteiger partial charge in [-0.3, -0.25) is 0 Å². The lowest BCUT2D eigenvalue weighted by Crippen LogP contribution is -2.01. The van der Waals surface area contributed by atoms with E-state index >= 15 is 0 Å². The summed E-state index contributed by atoms with van der Waals surface area (Å²) in [6.07, 6.45) is 1.25. The molecule has 1 aromatic carbocycles. The Labute approximate surface area is 114 Å². The molecule has 6 nitrogen and oxygen atoms in total. The summed E-state index contributed by atoms with van der Waals surface area (Å²) in [5.41, 5.74) is 6.25. The van der Waals surface area contributed by atoms with Gasteiger partial charge in [0, 0.05) is 0 Å². The van der Waals surface area contributed by atoms with Gasteiger partial charge in [0.1, 0.15) is 17.8 Å². The Morgan fingerprint density at radius 3 is 2.58 bits per heavy atom. The average Bonchev–Trinajstić information content (AvgIpc) is 2.44. The van der Waals surface area contributed by atoms with Crippen molar-refractivity contribution in [3.8, 4) is 11.6 Å². The first-order chi connectivity index (χ1) is 9.11. The molecular formula is C12H10ClN3O3. The number of nitrogens with zero attached hydrogens (tertiary/aromatic N) is 2. The van der Waals surface area contributed by atoms with Gasteiger partial charge in [0.15, 0.2) is 5.15 Å². The van der Waals surface area contributed by atoms with Crippen LogP contribution in [0, 0.1) is 0 Å². The lowest BCUT2D eigenvalue weighted by molar-refractivity contribution is 0.0600. The molecule has 0 bridgehead atoms. The number of nitrogen functional groups attached to an aromatic ring is 1. The van der Waals surface area contributed by atoms with Gasteiger partial charge in [-0.15, -0.1) is 0 Å². The third-order valence-electron chi connectivity index (χ3n) is 2.29. The molecule has 2 aromatic rings. The molecule has 0 radical (unpaired) electrons. The third kappa shape index (κ3) is 2.92. The number of hydrogen-bond acceptors (Lipinski definition) is 6. The Morgan fingerprint density at radius 2 is 1.95 bits per heavy atom. The van der Waals surface area contributed by atoms with Crippen LogP contribution in [0.25, 0.3) is 0 Å². The summed E-state index contributed by atoms with van der Waals surface area (Å²) in [5, 5.41) is 0.121. The Hall–Kier alpha value is -2.34. The van der Waals surface area contributed by atoms with Gasteiger partial charge >= 0.3 is 5.97 Å². The molecule has 0 saturated heterocycles. The van der Waals surface area contributed by atoms with Crippen LogP contribution in [0.2, 0.25) is 5.15 Å². The summed E-state index contributed by atoms with van der Waals surface area (Å²) < 4.78 is 10.0. The number of benzene rings is 1. The van der Waals surface area contributed by atoms with Crippen molar-refractivity contribution < 1.29 is 14.3 Å². The molecule has 0 saturated carbocycles. The van der Waals surface area contributed by atoms with E-state index in [-0.39, 0.29) is 16.7 Å². The van der Waals surface area contributed by atoms with E-state index in [1.165, 1.54) is 13.4 Å². The van der Waals surface area contributed by atoms with E-state index in [1.807, 2.05) is 0 Å². The number of methoxy groups -OCH3 is 1. The van der Waals surface area contributed by atoms with Crippen LogP contribution in [0.3, 0.4) is 0 Å². The molecule has 1 aromatic heterocycles. The number of ether oxygens (including phenoxy) is 2. The summed E-state index contributed by atoms with van der Waals surface area (Å²) in [4.78, 5) is 18.9. The van der Waals surface area contributed by atoms with Crippen molar-refractivity contribution in [2.75, 3.05) is 12.8 Å². The predicted molar refractivity (Wildman–Crippen MR) is 69.3 cm³/mol. The summed E-state index contributed by atoms with van der Waals surface area (Å²) in [6, 6.07) is 6.34. The first-order valence-corrected chi connectivity index (χ1v) is 5.62. The van der Waals surface area contributed by atoms with Crippen LogP contribution in [-0.2, 0) is 4.74 Å². The highest BCUT2D eigenvalue weighted by Gasteiger charge is 2.09. The summed E-state index contributed by atoms with van der Waals surface area (Å²) in [6.45, 7) is 0. The minimum absolute atomic E-state index is 0.121. The fourth-order valence-corrected chi connectivity index (χ4v) is 1.45. The number of rotatable bonds is 3. The van der Waals surface area contributed by atoms with Crippen molar-refractivity contribution >= 4 is 23.3 Å². The maximum Gasteiger partial charge on any atom is 0.337 e. The number of carbonyl (C=O) groups excluding carboxylic acids is 1. The molecule has 0 aliphatic carbocycles. The largest absolute Gasteiger partial charge is 0.465 e. The standard InChI is InChI=1S/C12H10ClN3O3/c1-18-12(17)7-2-4-8(5-3-7)19-11-9(14)10(13)15-6-16-11/h2-6H,14H2,1H3. The van der Waals surface area contributed by atoms with Crippen LogP contribution in [0.15, 0.2) is 30.6 Å². The Morgan fingerprint density at radius 1 is 1.26 bits per heavy atom. The first-order valence-electron chi connectivity index (χ1n) is 5.24. The summed E-state index contributed by atoms with van der Waals surface area (Å²) in [5.74, 6) is 0.205. The molecule has 0 unspecified atom stereocenters. The zero-order chi connectivity index (χ0) is 13.8. The van der Waals surface area contributed by atoms with Gasteiger partial charge < -0.3 is 15.2 Å². The van der Waals surface area contributed by atoms with Gasteiger partial charge in [0.25, 0.3) is 0 Å². The van der Waals surface area contributed by atoms with Gasteiger partial charge in [-0.05, 0) is 24.3 Å². The number of anilines is 1. The minimum atomic E-state index is -0.420. The highest BCUT2D eigenvalue weighted by atomic mass is 35.5. The van der Waals surface area contributed by atoms with Crippen molar-refractivity contribution in [3.63, 3.8) is 0 Å². The number of nitrogens with two attached hydrogens (primary N) is 1. The van der Waals surface area contributed by atoms with Crippen molar-refractivity contribution in [2.24, 2.45) is 0 Å². The third-order valence-corrected chi connectivity index (χ3v) is 2.59. The van der Waals surface area contributed by atoms with Crippen LogP contribution in [0.1, 0.15) is 10.4 Å². The normalized spacial score (nSPS) is 10.0. The molecule has 0 aliphatic rings. The molecule has 19 heavy (non-hydrogen) atoms. The quantitative estimate of drug-likeness (QED) is 0.685. The van der Waals surface area contributed by atoms with Gasteiger partial charge in [-0.25, -0.2) is 9.78 Å². The topological polar surface area (TPSA) is 87.3 Å². The van der Waals surface area contributed by atoms with E-state index in [0.717, 1.165) is 0 Å². The Balaban J connectivity index is 2.20. The number of carbonyl (C=O) groups is 1. The molecule has 0 aliphatic heterocycles. The van der Waals surface area contributed by atoms with Gasteiger partial charge in [-0.2, -0.15) is 4.98 Å². The fraction of sp³-hybridized carbons (Fsp3) is 0.0833. The van der Waals surface area contributed by atoms with E-state index in [1.54, 1.807) is 24.3 Å². The van der Waals surface area contributed by atoms with Crippen molar-refractivity contribution in [3.05, 3.63) is 41.3 Å². The monoisotopic (exact) mass is 279 g/mol. The zero-order valence-electron chi connectivity index (χ0n) is 9.96. The average molecular weight is 280 g/mol.